The van der Waals surface area contributed by atoms with E-state index in [4.69, 9.17) is 5.11 Å². The van der Waals surface area contributed by atoms with E-state index in [2.05, 4.69) is 0 Å². The van der Waals surface area contributed by atoms with Gasteiger partial charge in [0.25, 0.3) is 0 Å². The second-order valence-corrected chi connectivity index (χ2v) is 1.40. The molecule has 0 heterocycles. The Kier molecular flexibility index (Phi) is 3.60. The van der Waals surface area contributed by atoms with Crippen LogP contribution in [-0.2, 0) is 0 Å². The molecule has 0 fully saturated rings. The molecule has 0 saturated carbocycles. The minimum absolute atomic E-state index is 0.475. The van der Waals surface area contributed by atoms with Crippen molar-refractivity contribution in [2.75, 3.05) is 0 Å². The van der Waals surface area contributed by atoms with Crippen molar-refractivity contribution in [3.63, 3.8) is 0 Å². The summed E-state index contributed by atoms with van der Waals surface area (Å²) in [6.07, 6.45) is -5.65. The van der Waals surface area contributed by atoms with Crippen molar-refractivity contribution in [2.24, 2.45) is 0 Å². The first kappa shape index (κ1) is 7.75. The van der Waals surface area contributed by atoms with Gasteiger partial charge in [0, 0.05) is 12.8 Å². The van der Waals surface area contributed by atoms with Gasteiger partial charge in [-0.15, -0.1) is 0 Å². The van der Waals surface area contributed by atoms with E-state index in [0.29, 0.717) is 0 Å². The molecule has 0 aromatic rings. The molecule has 50 valence electrons. The Morgan fingerprint density at radius 1 is 1.12 bits per heavy atom. The highest BCUT2D eigenvalue weighted by Gasteiger charge is 2.05. The average molecular weight is 128 g/mol. The van der Waals surface area contributed by atoms with Gasteiger partial charge in [-0.25, -0.2) is 13.2 Å². The van der Waals surface area contributed by atoms with Gasteiger partial charge >= 0.3 is 0 Å². The first-order valence-electron chi connectivity index (χ1n) is 2.23. The predicted octanol–water partition coefficient (Wildman–Crippen LogP) is 1.32. The third-order valence-corrected chi connectivity index (χ3v) is 0.623. The number of aliphatic hydroxyl groups is 1. The fourth-order valence-corrected chi connectivity index (χ4v) is 0.264. The van der Waals surface area contributed by atoms with E-state index in [0.717, 1.165) is 0 Å². The van der Waals surface area contributed by atoms with E-state index in [1.165, 1.54) is 0 Å². The maximum Gasteiger partial charge on any atom is 0.238 e. The summed E-state index contributed by atoms with van der Waals surface area (Å²) < 4.78 is 33.5. The molecule has 8 heavy (non-hydrogen) atoms. The van der Waals surface area contributed by atoms with Crippen LogP contribution in [0, 0.1) is 0 Å². The fourth-order valence-electron chi connectivity index (χ4n) is 0.264. The number of alkyl halides is 3. The molecule has 0 spiro atoms. The van der Waals surface area contributed by atoms with Crippen LogP contribution in [-0.4, -0.2) is 17.9 Å². The minimum atomic E-state index is -2.51. The Hall–Kier alpha value is -0.250. The summed E-state index contributed by atoms with van der Waals surface area (Å²) in [5.74, 6) is 0. The lowest BCUT2D eigenvalue weighted by atomic mass is 10.3. The van der Waals surface area contributed by atoms with Gasteiger partial charge in [-0.3, -0.25) is 0 Å². The van der Waals surface area contributed by atoms with Gasteiger partial charge in [0.2, 0.25) is 6.43 Å². The highest BCUT2D eigenvalue weighted by molar-refractivity contribution is 4.42. The first-order chi connectivity index (χ1) is 3.63. The lowest BCUT2D eigenvalue weighted by molar-refractivity contribution is 0.0145. The molecular formula is C4H7F3O. The van der Waals surface area contributed by atoms with Crippen molar-refractivity contribution in [3.8, 4) is 0 Å². The van der Waals surface area contributed by atoms with Crippen molar-refractivity contribution in [1.29, 1.82) is 0 Å². The Bertz CT molecular complexity index is 47.2. The van der Waals surface area contributed by atoms with Gasteiger partial charge in [-0.05, 0) is 0 Å². The molecule has 1 N–H and O–H groups in total. The van der Waals surface area contributed by atoms with Crippen LogP contribution in [0.1, 0.15) is 12.8 Å². The molecule has 0 aromatic carbocycles. The second kappa shape index (κ2) is 3.72. The van der Waals surface area contributed by atoms with Crippen LogP contribution in [0.25, 0.3) is 0 Å². The van der Waals surface area contributed by atoms with Crippen molar-refractivity contribution < 1.29 is 18.3 Å². The summed E-state index contributed by atoms with van der Waals surface area (Å²) in [5, 5.41) is 7.80. The fraction of sp³-hybridized carbons (Fsp3) is 1.00. The zero-order valence-corrected chi connectivity index (χ0v) is 4.15. The predicted molar refractivity (Wildman–Crippen MR) is 22.4 cm³/mol. The van der Waals surface area contributed by atoms with E-state index >= 15 is 0 Å². The highest BCUT2D eigenvalue weighted by Crippen LogP contribution is 2.05. The SMILES string of the molecule is OC(F)CCC(F)F. The van der Waals surface area contributed by atoms with Gasteiger partial charge in [-0.1, -0.05) is 0 Å². The largest absolute Gasteiger partial charge is 0.364 e. The molecule has 0 aliphatic rings. The van der Waals surface area contributed by atoms with Crippen LogP contribution >= 0.6 is 0 Å². The molecule has 0 aromatic heterocycles. The second-order valence-electron chi connectivity index (χ2n) is 1.40. The lowest BCUT2D eigenvalue weighted by Crippen LogP contribution is -2.00. The molecule has 0 saturated heterocycles. The standard InChI is InChI=1S/C4H7F3O/c5-3(6)1-2-4(7)8/h3-4,8H,1-2H2. The summed E-state index contributed by atoms with van der Waals surface area (Å²) in [6, 6.07) is 0. The van der Waals surface area contributed by atoms with Crippen LogP contribution < -0.4 is 0 Å². The van der Waals surface area contributed by atoms with E-state index in [9.17, 15) is 13.2 Å². The third kappa shape index (κ3) is 5.75. The maximum absolute atomic E-state index is 11.3. The Morgan fingerprint density at radius 3 is 1.75 bits per heavy atom. The van der Waals surface area contributed by atoms with Gasteiger partial charge in [0.05, 0.1) is 0 Å². The van der Waals surface area contributed by atoms with Crippen LogP contribution in [0.15, 0.2) is 0 Å². The van der Waals surface area contributed by atoms with Crippen molar-refractivity contribution in [3.05, 3.63) is 0 Å². The maximum atomic E-state index is 11.3. The summed E-state index contributed by atoms with van der Waals surface area (Å²) in [7, 11) is 0. The smallest absolute Gasteiger partial charge is 0.238 e. The number of hydrogen-bond acceptors (Lipinski definition) is 1. The summed E-state index contributed by atoms with van der Waals surface area (Å²) in [5.41, 5.74) is 0. The lowest BCUT2D eigenvalue weighted by Gasteiger charge is -1.97. The molecule has 1 atom stereocenters. The molecule has 0 aliphatic carbocycles. The van der Waals surface area contributed by atoms with Crippen LogP contribution in [0.5, 0.6) is 0 Å². The Morgan fingerprint density at radius 2 is 1.62 bits per heavy atom. The van der Waals surface area contributed by atoms with Crippen molar-refractivity contribution in [2.45, 2.75) is 25.6 Å². The van der Waals surface area contributed by atoms with Gasteiger partial charge < -0.3 is 5.11 Å². The summed E-state index contributed by atoms with van der Waals surface area (Å²) in [6.45, 7) is 0. The number of halogens is 3. The van der Waals surface area contributed by atoms with Crippen molar-refractivity contribution in [1.82, 2.24) is 0 Å². The monoisotopic (exact) mass is 128 g/mol. The van der Waals surface area contributed by atoms with Gasteiger partial charge in [0.1, 0.15) is 0 Å². The van der Waals surface area contributed by atoms with Crippen LogP contribution in [0.2, 0.25) is 0 Å². The van der Waals surface area contributed by atoms with Gasteiger partial charge in [0.15, 0.2) is 6.36 Å². The highest BCUT2D eigenvalue weighted by atomic mass is 19.3. The van der Waals surface area contributed by atoms with Crippen molar-refractivity contribution >= 4 is 0 Å². The quantitative estimate of drug-likeness (QED) is 0.607. The van der Waals surface area contributed by atoms with E-state index < -0.39 is 25.6 Å². The normalized spacial score (nSPS) is 14.6. The molecule has 0 radical (unpaired) electrons. The Labute approximate surface area is 45.1 Å². The molecule has 0 rings (SSSR count). The van der Waals surface area contributed by atoms with Gasteiger partial charge in [-0.2, -0.15) is 0 Å². The molecule has 4 heteroatoms. The summed E-state index contributed by atoms with van der Waals surface area (Å²) in [4.78, 5) is 0. The minimum Gasteiger partial charge on any atom is -0.364 e. The Balaban J connectivity index is 2.93. The first-order valence-corrected chi connectivity index (χ1v) is 2.23. The van der Waals surface area contributed by atoms with E-state index in [1.807, 2.05) is 0 Å². The molecular weight excluding hydrogens is 121 g/mol. The topological polar surface area (TPSA) is 20.2 Å². The zero-order valence-electron chi connectivity index (χ0n) is 4.15. The molecule has 0 amide bonds. The number of rotatable bonds is 3. The summed E-state index contributed by atoms with van der Waals surface area (Å²) >= 11 is 0. The number of hydrogen-bond donors (Lipinski definition) is 1. The third-order valence-electron chi connectivity index (χ3n) is 0.623. The van der Waals surface area contributed by atoms with Crippen LogP contribution in [0.3, 0.4) is 0 Å². The zero-order chi connectivity index (χ0) is 6.57. The molecule has 0 bridgehead atoms. The average Bonchev–Trinajstić information content (AvgIpc) is 1.61. The molecule has 1 nitrogen and oxygen atoms in total. The van der Waals surface area contributed by atoms with E-state index in [-0.39, 0.29) is 0 Å². The number of aliphatic hydroxyl groups excluding tert-OH is 1. The molecule has 0 aliphatic heterocycles. The molecule has 1 unspecified atom stereocenters. The van der Waals surface area contributed by atoms with E-state index in [1.54, 1.807) is 0 Å². The van der Waals surface area contributed by atoms with Crippen LogP contribution in [0.4, 0.5) is 13.2 Å².